The highest BCUT2D eigenvalue weighted by atomic mass is 19.1. The molecule has 2 aromatic carbocycles. The summed E-state index contributed by atoms with van der Waals surface area (Å²) in [5.41, 5.74) is 3.05. The number of aromatic nitrogens is 1. The van der Waals surface area contributed by atoms with Crippen molar-refractivity contribution in [1.29, 1.82) is 0 Å². The van der Waals surface area contributed by atoms with Gasteiger partial charge in [0.1, 0.15) is 5.82 Å². The number of nitrogens with zero attached hydrogens (tertiary/aromatic N) is 2. The van der Waals surface area contributed by atoms with Crippen LogP contribution in [0.2, 0.25) is 0 Å². The van der Waals surface area contributed by atoms with Crippen molar-refractivity contribution in [2.24, 2.45) is 0 Å². The van der Waals surface area contributed by atoms with E-state index in [-0.39, 0.29) is 17.8 Å². The first-order chi connectivity index (χ1) is 13.1. The number of benzene rings is 2. The Balaban J connectivity index is 1.46. The van der Waals surface area contributed by atoms with Crippen molar-refractivity contribution < 1.29 is 9.18 Å². The van der Waals surface area contributed by atoms with Crippen molar-refractivity contribution >= 4 is 16.8 Å². The summed E-state index contributed by atoms with van der Waals surface area (Å²) in [5, 5.41) is 3.82. The summed E-state index contributed by atoms with van der Waals surface area (Å²) in [7, 11) is 0. The van der Waals surface area contributed by atoms with Gasteiger partial charge in [-0.1, -0.05) is 30.3 Å². The van der Waals surface area contributed by atoms with E-state index in [4.69, 9.17) is 0 Å². The fourth-order valence-electron chi connectivity index (χ4n) is 3.72. The predicted octanol–water partition coefficient (Wildman–Crippen LogP) is 3.69. The highest BCUT2D eigenvalue weighted by molar-refractivity contribution is 6.06. The van der Waals surface area contributed by atoms with Crippen LogP contribution in [-0.2, 0) is 6.54 Å². The number of nitrogens with one attached hydrogen (secondary N) is 1. The Morgan fingerprint density at radius 3 is 2.85 bits per heavy atom. The first kappa shape index (κ1) is 17.6. The van der Waals surface area contributed by atoms with Crippen molar-refractivity contribution in [2.75, 3.05) is 13.1 Å². The van der Waals surface area contributed by atoms with E-state index in [2.05, 4.69) is 27.3 Å². The first-order valence-electron chi connectivity index (χ1n) is 9.22. The lowest BCUT2D eigenvalue weighted by Gasteiger charge is -2.17. The zero-order valence-electron chi connectivity index (χ0n) is 15.3. The van der Waals surface area contributed by atoms with Crippen LogP contribution in [-0.4, -0.2) is 34.9 Å². The number of carbonyl (C=O) groups is 1. The number of aryl methyl sites for hydroxylation is 1. The lowest BCUT2D eigenvalue weighted by molar-refractivity contribution is 0.0939. The van der Waals surface area contributed by atoms with Crippen LogP contribution in [0.1, 0.15) is 28.0 Å². The van der Waals surface area contributed by atoms with Gasteiger partial charge in [-0.2, -0.15) is 0 Å². The van der Waals surface area contributed by atoms with Crippen molar-refractivity contribution in [1.82, 2.24) is 15.2 Å². The van der Waals surface area contributed by atoms with Gasteiger partial charge in [0, 0.05) is 42.8 Å². The number of halogens is 1. The molecular formula is C22H22FN3O. The second kappa shape index (κ2) is 7.45. The molecule has 1 N–H and O–H groups in total. The highest BCUT2D eigenvalue weighted by Crippen LogP contribution is 2.21. The Morgan fingerprint density at radius 1 is 1.22 bits per heavy atom. The van der Waals surface area contributed by atoms with Crippen molar-refractivity contribution in [2.45, 2.75) is 25.9 Å². The van der Waals surface area contributed by atoms with E-state index in [1.54, 1.807) is 12.1 Å². The van der Waals surface area contributed by atoms with Gasteiger partial charge in [-0.15, -0.1) is 0 Å². The van der Waals surface area contributed by atoms with Gasteiger partial charge in [0.25, 0.3) is 5.91 Å². The molecular weight excluding hydrogens is 341 g/mol. The van der Waals surface area contributed by atoms with E-state index in [0.717, 1.165) is 26.1 Å². The Labute approximate surface area is 158 Å². The molecule has 27 heavy (non-hydrogen) atoms. The van der Waals surface area contributed by atoms with Gasteiger partial charge in [0.15, 0.2) is 0 Å². The fraction of sp³-hybridized carbons (Fsp3) is 0.273. The molecule has 1 aromatic heterocycles. The van der Waals surface area contributed by atoms with E-state index in [0.29, 0.717) is 22.2 Å². The molecule has 2 heterocycles. The van der Waals surface area contributed by atoms with Gasteiger partial charge >= 0.3 is 0 Å². The zero-order chi connectivity index (χ0) is 18.8. The highest BCUT2D eigenvalue weighted by Gasteiger charge is 2.25. The molecule has 1 amide bonds. The Morgan fingerprint density at radius 2 is 2.04 bits per heavy atom. The van der Waals surface area contributed by atoms with Crippen molar-refractivity contribution in [3.05, 3.63) is 77.2 Å². The van der Waals surface area contributed by atoms with E-state index >= 15 is 0 Å². The van der Waals surface area contributed by atoms with Gasteiger partial charge in [0.05, 0.1) is 11.1 Å². The number of hydrogen-bond acceptors (Lipinski definition) is 3. The van der Waals surface area contributed by atoms with Gasteiger partial charge in [0.2, 0.25) is 0 Å². The quantitative estimate of drug-likeness (QED) is 0.769. The summed E-state index contributed by atoms with van der Waals surface area (Å²) in [5.74, 6) is -0.469. The predicted molar refractivity (Wildman–Crippen MR) is 104 cm³/mol. The minimum atomic E-state index is -0.348. The van der Waals surface area contributed by atoms with Crippen molar-refractivity contribution in [3.63, 3.8) is 0 Å². The molecule has 0 saturated carbocycles. The topological polar surface area (TPSA) is 45.2 Å². The smallest absolute Gasteiger partial charge is 0.252 e. The summed E-state index contributed by atoms with van der Waals surface area (Å²) < 4.78 is 13.5. The molecule has 0 bridgehead atoms. The van der Waals surface area contributed by atoms with Crippen LogP contribution in [0.3, 0.4) is 0 Å². The minimum absolute atomic E-state index is 0.116. The van der Waals surface area contributed by atoms with Gasteiger partial charge in [-0.05, 0) is 37.1 Å². The molecule has 0 radical (unpaired) electrons. The average Bonchev–Trinajstić information content (AvgIpc) is 3.08. The van der Waals surface area contributed by atoms with Gasteiger partial charge in [-0.3, -0.25) is 14.7 Å². The molecule has 138 valence electrons. The third kappa shape index (κ3) is 3.98. The van der Waals surface area contributed by atoms with Gasteiger partial charge < -0.3 is 5.32 Å². The average molecular weight is 363 g/mol. The second-order valence-corrected chi connectivity index (χ2v) is 7.15. The number of hydrogen-bond donors (Lipinski definition) is 1. The standard InChI is InChI=1S/C22H22FN3O/c1-15-11-20(19-8-7-17(23)12-21(19)24-15)22(27)25-18-9-10-26(14-18)13-16-5-3-2-4-6-16/h2-8,11-12,18H,9-10,13-14H2,1H3,(H,25,27). The molecule has 1 aliphatic rings. The number of pyridine rings is 1. The molecule has 0 spiro atoms. The van der Waals surface area contributed by atoms with Gasteiger partial charge in [-0.25, -0.2) is 4.39 Å². The maximum absolute atomic E-state index is 13.5. The summed E-state index contributed by atoms with van der Waals surface area (Å²) in [4.78, 5) is 19.6. The fourth-order valence-corrected chi connectivity index (χ4v) is 3.72. The SMILES string of the molecule is Cc1cc(C(=O)NC2CCN(Cc3ccccc3)C2)c2ccc(F)cc2n1. The third-order valence-corrected chi connectivity index (χ3v) is 5.00. The summed E-state index contributed by atoms with van der Waals surface area (Å²) >= 11 is 0. The summed E-state index contributed by atoms with van der Waals surface area (Å²) in [6, 6.07) is 16.6. The Kier molecular flexibility index (Phi) is 4.86. The minimum Gasteiger partial charge on any atom is -0.348 e. The molecule has 1 aliphatic heterocycles. The number of fused-ring (bicyclic) bond motifs is 1. The molecule has 1 fully saturated rings. The van der Waals surface area contributed by atoms with E-state index in [1.165, 1.54) is 17.7 Å². The summed E-state index contributed by atoms with van der Waals surface area (Å²) in [6.07, 6.45) is 0.926. The van der Waals surface area contributed by atoms with Crippen molar-refractivity contribution in [3.8, 4) is 0 Å². The Hall–Kier alpha value is -2.79. The molecule has 5 heteroatoms. The lowest BCUT2D eigenvalue weighted by atomic mass is 10.1. The zero-order valence-corrected chi connectivity index (χ0v) is 15.3. The summed E-state index contributed by atoms with van der Waals surface area (Å²) in [6.45, 7) is 4.50. The molecule has 3 aromatic rings. The van der Waals surface area contributed by atoms with Crippen LogP contribution in [0.4, 0.5) is 4.39 Å². The number of amides is 1. The maximum Gasteiger partial charge on any atom is 0.252 e. The monoisotopic (exact) mass is 363 g/mol. The third-order valence-electron chi connectivity index (χ3n) is 5.00. The van der Waals surface area contributed by atoms with Crippen LogP contribution in [0.15, 0.2) is 54.6 Å². The van der Waals surface area contributed by atoms with Crippen LogP contribution in [0.5, 0.6) is 0 Å². The second-order valence-electron chi connectivity index (χ2n) is 7.15. The molecule has 4 rings (SSSR count). The van der Waals surface area contributed by atoms with Crippen LogP contribution in [0, 0.1) is 12.7 Å². The molecule has 1 unspecified atom stereocenters. The first-order valence-corrected chi connectivity index (χ1v) is 9.22. The maximum atomic E-state index is 13.5. The van der Waals surface area contributed by atoms with Crippen LogP contribution >= 0.6 is 0 Å². The molecule has 0 aliphatic carbocycles. The largest absolute Gasteiger partial charge is 0.348 e. The Bertz CT molecular complexity index is 969. The number of carbonyl (C=O) groups excluding carboxylic acids is 1. The van der Waals surface area contributed by atoms with E-state index in [9.17, 15) is 9.18 Å². The number of rotatable bonds is 4. The van der Waals surface area contributed by atoms with E-state index < -0.39 is 0 Å². The van der Waals surface area contributed by atoms with Crippen LogP contribution in [0.25, 0.3) is 10.9 Å². The molecule has 1 atom stereocenters. The molecule has 1 saturated heterocycles. The van der Waals surface area contributed by atoms with Crippen LogP contribution < -0.4 is 5.32 Å². The lowest BCUT2D eigenvalue weighted by Crippen LogP contribution is -2.37. The molecule has 4 nitrogen and oxygen atoms in total. The normalized spacial score (nSPS) is 17.3. The van der Waals surface area contributed by atoms with E-state index in [1.807, 2.05) is 25.1 Å². The number of likely N-dealkylation sites (tertiary alicyclic amines) is 1.